The third-order valence-electron chi connectivity index (χ3n) is 4.67. The molecule has 2 rings (SSSR count). The molecule has 0 amide bonds. The molecule has 3 nitrogen and oxygen atoms in total. The van der Waals surface area contributed by atoms with Crippen molar-refractivity contribution in [2.75, 3.05) is 13.1 Å². The Labute approximate surface area is 111 Å². The molecule has 0 aliphatic heterocycles. The summed E-state index contributed by atoms with van der Waals surface area (Å²) in [5.41, 5.74) is 0. The van der Waals surface area contributed by atoms with Crippen LogP contribution in [0.3, 0.4) is 0 Å². The fourth-order valence-corrected chi connectivity index (χ4v) is 3.29. The van der Waals surface area contributed by atoms with Gasteiger partial charge in [0.1, 0.15) is 0 Å². The summed E-state index contributed by atoms with van der Waals surface area (Å²) in [6, 6.07) is 0.517. The Hall–Kier alpha value is -0.570. The van der Waals surface area contributed by atoms with E-state index in [1.165, 1.54) is 38.5 Å². The van der Waals surface area contributed by atoms with Crippen LogP contribution in [-0.4, -0.2) is 35.1 Å². The van der Waals surface area contributed by atoms with Crippen molar-refractivity contribution < 1.29 is 9.90 Å². The van der Waals surface area contributed by atoms with Crippen LogP contribution in [0.15, 0.2) is 0 Å². The van der Waals surface area contributed by atoms with Crippen molar-refractivity contribution in [1.82, 2.24) is 4.90 Å². The first-order chi connectivity index (χ1) is 8.56. The van der Waals surface area contributed by atoms with Gasteiger partial charge < -0.3 is 5.11 Å². The quantitative estimate of drug-likeness (QED) is 0.791. The molecule has 2 aliphatic rings. The zero-order chi connectivity index (χ0) is 13.1. The van der Waals surface area contributed by atoms with E-state index < -0.39 is 5.97 Å². The zero-order valence-electron chi connectivity index (χ0n) is 11.8. The molecule has 104 valence electrons. The third-order valence-corrected chi connectivity index (χ3v) is 4.67. The van der Waals surface area contributed by atoms with Crippen LogP contribution in [-0.2, 0) is 4.79 Å². The molecule has 0 spiro atoms. The summed E-state index contributed by atoms with van der Waals surface area (Å²) < 4.78 is 0. The highest BCUT2D eigenvalue weighted by Gasteiger charge is 2.32. The van der Waals surface area contributed by atoms with Gasteiger partial charge in [-0.05, 0) is 43.4 Å². The lowest BCUT2D eigenvalue weighted by Crippen LogP contribution is -2.43. The fourth-order valence-electron chi connectivity index (χ4n) is 3.29. The minimum absolute atomic E-state index is 0.242. The number of carboxylic acid groups (broad SMARTS) is 1. The Bertz CT molecular complexity index is 286. The Morgan fingerprint density at radius 1 is 1.28 bits per heavy atom. The maximum Gasteiger partial charge on any atom is 0.317 e. The average Bonchev–Trinajstić information content (AvgIpc) is 3.12. The third kappa shape index (κ3) is 3.98. The molecule has 2 atom stereocenters. The largest absolute Gasteiger partial charge is 0.480 e. The minimum Gasteiger partial charge on any atom is -0.480 e. The highest BCUT2D eigenvalue weighted by atomic mass is 16.4. The van der Waals surface area contributed by atoms with Crippen molar-refractivity contribution in [2.45, 2.75) is 58.4 Å². The first-order valence-electron chi connectivity index (χ1n) is 7.52. The number of nitrogens with zero attached hydrogens (tertiary/aromatic N) is 1. The van der Waals surface area contributed by atoms with E-state index in [2.05, 4.69) is 18.7 Å². The number of aliphatic carboxylic acids is 1. The highest BCUT2D eigenvalue weighted by molar-refractivity contribution is 5.69. The zero-order valence-corrected chi connectivity index (χ0v) is 11.8. The second-order valence-electron chi connectivity index (χ2n) is 6.59. The predicted octanol–water partition coefficient (Wildman–Crippen LogP) is 3.00. The maximum absolute atomic E-state index is 11.0. The average molecular weight is 253 g/mol. The van der Waals surface area contributed by atoms with E-state index in [1.807, 2.05) is 0 Å². The van der Waals surface area contributed by atoms with Crippen LogP contribution in [0, 0.1) is 17.8 Å². The van der Waals surface area contributed by atoms with Gasteiger partial charge in [-0.3, -0.25) is 9.69 Å². The second-order valence-corrected chi connectivity index (χ2v) is 6.59. The van der Waals surface area contributed by atoms with Gasteiger partial charge in [-0.2, -0.15) is 0 Å². The van der Waals surface area contributed by atoms with Gasteiger partial charge in [-0.15, -0.1) is 0 Å². The molecule has 0 heterocycles. The minimum atomic E-state index is -0.665. The van der Waals surface area contributed by atoms with E-state index in [0.29, 0.717) is 6.04 Å². The van der Waals surface area contributed by atoms with Crippen molar-refractivity contribution in [3.63, 3.8) is 0 Å². The van der Waals surface area contributed by atoms with Crippen LogP contribution >= 0.6 is 0 Å². The Morgan fingerprint density at radius 2 is 2.00 bits per heavy atom. The summed E-state index contributed by atoms with van der Waals surface area (Å²) in [6.07, 6.45) is 7.61. The van der Waals surface area contributed by atoms with Crippen LogP contribution in [0.1, 0.15) is 52.4 Å². The van der Waals surface area contributed by atoms with E-state index in [4.69, 9.17) is 5.11 Å². The number of carbonyl (C=O) groups is 1. The summed E-state index contributed by atoms with van der Waals surface area (Å²) in [5, 5.41) is 9.08. The van der Waals surface area contributed by atoms with Crippen LogP contribution in [0.4, 0.5) is 0 Å². The Balaban J connectivity index is 1.92. The number of carboxylic acids is 1. The molecule has 0 aromatic carbocycles. The normalized spacial score (nSPS) is 28.9. The summed E-state index contributed by atoms with van der Waals surface area (Å²) >= 11 is 0. The van der Waals surface area contributed by atoms with Gasteiger partial charge in [-0.1, -0.05) is 26.7 Å². The summed E-state index contributed by atoms with van der Waals surface area (Å²) in [7, 11) is 0. The van der Waals surface area contributed by atoms with Crippen LogP contribution in [0.25, 0.3) is 0 Å². The molecule has 2 aliphatic carbocycles. The van der Waals surface area contributed by atoms with Crippen molar-refractivity contribution in [3.05, 3.63) is 0 Å². The first kappa shape index (κ1) is 13.9. The van der Waals surface area contributed by atoms with Gasteiger partial charge >= 0.3 is 5.97 Å². The number of hydrogen-bond donors (Lipinski definition) is 1. The molecule has 0 aromatic heterocycles. The molecule has 0 saturated heterocycles. The monoisotopic (exact) mass is 253 g/mol. The van der Waals surface area contributed by atoms with Crippen molar-refractivity contribution in [3.8, 4) is 0 Å². The Kier molecular flexibility index (Phi) is 4.66. The van der Waals surface area contributed by atoms with Crippen LogP contribution in [0.2, 0.25) is 0 Å². The smallest absolute Gasteiger partial charge is 0.317 e. The topological polar surface area (TPSA) is 40.5 Å². The number of hydrogen-bond acceptors (Lipinski definition) is 2. The van der Waals surface area contributed by atoms with Crippen molar-refractivity contribution >= 4 is 5.97 Å². The lowest BCUT2D eigenvalue weighted by atomic mass is 9.78. The molecular weight excluding hydrogens is 226 g/mol. The SMILES string of the molecule is CC(C)C1CCCC(N(CC(=O)O)CC2CC2)C1. The van der Waals surface area contributed by atoms with Gasteiger partial charge in [0.15, 0.2) is 0 Å². The maximum atomic E-state index is 11.0. The molecule has 2 saturated carbocycles. The molecule has 0 aromatic rings. The van der Waals surface area contributed by atoms with E-state index in [1.54, 1.807) is 0 Å². The van der Waals surface area contributed by atoms with Crippen LogP contribution in [0.5, 0.6) is 0 Å². The van der Waals surface area contributed by atoms with E-state index in [0.717, 1.165) is 24.3 Å². The van der Waals surface area contributed by atoms with Crippen molar-refractivity contribution in [2.24, 2.45) is 17.8 Å². The molecular formula is C15H27NO2. The van der Waals surface area contributed by atoms with Gasteiger partial charge in [0.25, 0.3) is 0 Å². The summed E-state index contributed by atoms with van der Waals surface area (Å²) in [6.45, 7) is 5.86. The molecule has 2 unspecified atom stereocenters. The number of rotatable bonds is 6. The lowest BCUT2D eigenvalue weighted by molar-refractivity contribution is -0.139. The van der Waals surface area contributed by atoms with Gasteiger partial charge in [0.2, 0.25) is 0 Å². The second kappa shape index (κ2) is 6.05. The van der Waals surface area contributed by atoms with Crippen molar-refractivity contribution in [1.29, 1.82) is 0 Å². The first-order valence-corrected chi connectivity index (χ1v) is 7.52. The summed E-state index contributed by atoms with van der Waals surface area (Å²) in [4.78, 5) is 13.3. The molecule has 18 heavy (non-hydrogen) atoms. The van der Waals surface area contributed by atoms with Crippen LogP contribution < -0.4 is 0 Å². The van der Waals surface area contributed by atoms with E-state index >= 15 is 0 Å². The predicted molar refractivity (Wildman–Crippen MR) is 72.5 cm³/mol. The lowest BCUT2D eigenvalue weighted by Gasteiger charge is -2.38. The molecule has 2 fully saturated rings. The molecule has 0 radical (unpaired) electrons. The standard InChI is InChI=1S/C15H27NO2/c1-11(2)13-4-3-5-14(8-13)16(10-15(17)18)9-12-6-7-12/h11-14H,3-10H2,1-2H3,(H,17,18). The molecule has 3 heteroatoms. The molecule has 0 bridgehead atoms. The van der Waals surface area contributed by atoms with Gasteiger partial charge in [-0.25, -0.2) is 0 Å². The molecule has 1 N–H and O–H groups in total. The summed E-state index contributed by atoms with van der Waals surface area (Å²) in [5.74, 6) is 1.64. The van der Waals surface area contributed by atoms with Gasteiger partial charge in [0.05, 0.1) is 6.54 Å². The van der Waals surface area contributed by atoms with Gasteiger partial charge in [0, 0.05) is 12.6 Å². The highest BCUT2D eigenvalue weighted by Crippen LogP contribution is 2.35. The Morgan fingerprint density at radius 3 is 2.56 bits per heavy atom. The van der Waals surface area contributed by atoms with E-state index in [9.17, 15) is 4.79 Å². The fraction of sp³-hybridized carbons (Fsp3) is 0.933. The van der Waals surface area contributed by atoms with E-state index in [-0.39, 0.29) is 6.54 Å².